The molecule has 2 aliphatic carbocycles. The Hall–Kier alpha value is -2.34. The molecule has 0 saturated heterocycles. The number of nitrogens with two attached hydrogens (primary N) is 1. The number of rotatable bonds is 13. The number of ether oxygens (including phenoxy) is 4. The van der Waals surface area contributed by atoms with Crippen molar-refractivity contribution in [3.63, 3.8) is 0 Å². The summed E-state index contributed by atoms with van der Waals surface area (Å²) in [4.78, 5) is 12.6. The van der Waals surface area contributed by atoms with Crippen LogP contribution < -0.4 is 20.5 Å². The maximum atomic E-state index is 12.6. The first-order valence-electron chi connectivity index (χ1n) is 12.5. The molecule has 2 fully saturated rings. The lowest BCUT2D eigenvalue weighted by Gasteiger charge is -2.35. The largest absolute Gasteiger partial charge is 0.493 e. The van der Waals surface area contributed by atoms with Crippen molar-refractivity contribution < 1.29 is 23.7 Å². The van der Waals surface area contributed by atoms with Crippen LogP contribution in [0.4, 0.5) is 0 Å². The molecule has 0 radical (unpaired) electrons. The topological polar surface area (TPSA) is 116 Å². The fourth-order valence-electron chi connectivity index (χ4n) is 4.89. The molecule has 0 atom stereocenters. The van der Waals surface area contributed by atoms with Gasteiger partial charge in [-0.25, -0.2) is 0 Å². The number of benzene rings is 1. The fourth-order valence-corrected chi connectivity index (χ4v) is 4.89. The molecule has 8 nitrogen and oxygen atoms in total. The lowest BCUT2D eigenvalue weighted by Crippen LogP contribution is -2.39. The lowest BCUT2D eigenvalue weighted by atomic mass is 9.67. The third-order valence-electron chi connectivity index (χ3n) is 6.92. The van der Waals surface area contributed by atoms with Gasteiger partial charge in [-0.1, -0.05) is 6.07 Å². The molecule has 34 heavy (non-hydrogen) atoms. The van der Waals surface area contributed by atoms with E-state index in [1.165, 1.54) is 12.8 Å². The zero-order valence-corrected chi connectivity index (χ0v) is 20.4. The molecule has 0 bridgehead atoms. The molecule has 3 N–H and O–H groups in total. The summed E-state index contributed by atoms with van der Waals surface area (Å²) in [5.41, 5.74) is 5.70. The maximum absolute atomic E-state index is 12.6. The summed E-state index contributed by atoms with van der Waals surface area (Å²) in [7, 11) is 1.64. The van der Waals surface area contributed by atoms with Crippen LogP contribution in [-0.2, 0) is 19.7 Å². The Labute approximate surface area is 203 Å². The van der Waals surface area contributed by atoms with Crippen LogP contribution in [0.5, 0.6) is 11.5 Å². The van der Waals surface area contributed by atoms with Crippen LogP contribution in [0.1, 0.15) is 56.9 Å². The standard InChI is InChI=1S/C26H39N3O5/c1-31-23-7-6-21(18-24(23)34-22-4-2-3-5-22)26(19-28)10-8-20(9-11-26)25(30)29-13-15-33-17-16-32-14-12-27/h6-7,18,20,22H,2-5,8-17,27H2,1H3,(H,29,30). The summed E-state index contributed by atoms with van der Waals surface area (Å²) >= 11 is 0. The van der Waals surface area contributed by atoms with Gasteiger partial charge in [0, 0.05) is 19.0 Å². The van der Waals surface area contributed by atoms with Gasteiger partial charge in [0.2, 0.25) is 5.91 Å². The summed E-state index contributed by atoms with van der Waals surface area (Å²) < 4.78 is 22.5. The number of nitrogens with one attached hydrogen (secondary N) is 1. The number of carbonyl (C=O) groups is 1. The van der Waals surface area contributed by atoms with Crippen LogP contribution in [0.15, 0.2) is 18.2 Å². The van der Waals surface area contributed by atoms with Gasteiger partial charge in [0.25, 0.3) is 0 Å². The number of nitriles is 1. The first kappa shape index (κ1) is 26.3. The van der Waals surface area contributed by atoms with E-state index < -0.39 is 5.41 Å². The minimum absolute atomic E-state index is 0.0366. The Balaban J connectivity index is 1.50. The van der Waals surface area contributed by atoms with Crippen molar-refractivity contribution in [1.29, 1.82) is 5.26 Å². The van der Waals surface area contributed by atoms with Gasteiger partial charge in [-0.2, -0.15) is 5.26 Å². The van der Waals surface area contributed by atoms with Crippen LogP contribution in [0.2, 0.25) is 0 Å². The first-order chi connectivity index (χ1) is 16.6. The summed E-state index contributed by atoms with van der Waals surface area (Å²) in [6, 6.07) is 8.42. The number of amides is 1. The average Bonchev–Trinajstić information content (AvgIpc) is 3.38. The van der Waals surface area contributed by atoms with Gasteiger partial charge in [-0.3, -0.25) is 4.79 Å². The van der Waals surface area contributed by atoms with Crippen LogP contribution in [-0.4, -0.2) is 58.6 Å². The van der Waals surface area contributed by atoms with E-state index in [1.807, 2.05) is 18.2 Å². The van der Waals surface area contributed by atoms with Gasteiger partial charge in [-0.05, 0) is 69.1 Å². The Morgan fingerprint density at radius 3 is 2.44 bits per heavy atom. The van der Waals surface area contributed by atoms with E-state index in [0.717, 1.165) is 24.2 Å². The van der Waals surface area contributed by atoms with Gasteiger partial charge in [0.1, 0.15) is 0 Å². The monoisotopic (exact) mass is 473 g/mol. The minimum Gasteiger partial charge on any atom is -0.493 e. The van der Waals surface area contributed by atoms with Gasteiger partial charge < -0.3 is 30.0 Å². The number of nitrogens with zero attached hydrogens (tertiary/aromatic N) is 1. The second kappa shape index (κ2) is 13.5. The van der Waals surface area contributed by atoms with Crippen LogP contribution in [0.3, 0.4) is 0 Å². The van der Waals surface area contributed by atoms with Crippen molar-refractivity contribution in [1.82, 2.24) is 5.32 Å². The molecule has 188 valence electrons. The number of methoxy groups -OCH3 is 1. The Morgan fingerprint density at radius 1 is 1.09 bits per heavy atom. The molecule has 1 amide bonds. The molecule has 0 aromatic heterocycles. The molecule has 3 rings (SSSR count). The molecule has 0 aliphatic heterocycles. The molecule has 8 heteroatoms. The van der Waals surface area contributed by atoms with Crippen molar-refractivity contribution in [3.05, 3.63) is 23.8 Å². The average molecular weight is 474 g/mol. The van der Waals surface area contributed by atoms with E-state index >= 15 is 0 Å². The minimum atomic E-state index is -0.608. The number of hydrogen-bond donors (Lipinski definition) is 2. The van der Waals surface area contributed by atoms with Crippen LogP contribution >= 0.6 is 0 Å². The summed E-state index contributed by atoms with van der Waals surface area (Å²) in [6.07, 6.45) is 7.35. The molecule has 2 aliphatic rings. The van der Waals surface area contributed by atoms with E-state index in [1.54, 1.807) is 7.11 Å². The third-order valence-corrected chi connectivity index (χ3v) is 6.92. The highest BCUT2D eigenvalue weighted by Crippen LogP contribution is 2.44. The highest BCUT2D eigenvalue weighted by molar-refractivity contribution is 5.78. The second-order valence-corrected chi connectivity index (χ2v) is 9.16. The van der Waals surface area contributed by atoms with E-state index in [4.69, 9.17) is 24.7 Å². The lowest BCUT2D eigenvalue weighted by molar-refractivity contribution is -0.126. The zero-order valence-electron chi connectivity index (χ0n) is 20.4. The van der Waals surface area contributed by atoms with E-state index in [0.29, 0.717) is 70.9 Å². The molecule has 1 aromatic rings. The van der Waals surface area contributed by atoms with E-state index in [2.05, 4.69) is 11.4 Å². The van der Waals surface area contributed by atoms with E-state index in [9.17, 15) is 10.1 Å². The molecule has 1 aromatic carbocycles. The van der Waals surface area contributed by atoms with E-state index in [-0.39, 0.29) is 17.9 Å². The van der Waals surface area contributed by atoms with Crippen molar-refractivity contribution in [3.8, 4) is 17.6 Å². The number of carbonyl (C=O) groups excluding carboxylic acids is 1. The molecule has 0 spiro atoms. The molecular weight excluding hydrogens is 434 g/mol. The van der Waals surface area contributed by atoms with Gasteiger partial charge in [0.15, 0.2) is 11.5 Å². The van der Waals surface area contributed by atoms with Crippen LogP contribution in [0, 0.1) is 17.2 Å². The molecular formula is C26H39N3O5. The van der Waals surface area contributed by atoms with Gasteiger partial charge in [-0.15, -0.1) is 0 Å². The summed E-state index contributed by atoms with van der Waals surface area (Å²) in [5, 5.41) is 13.1. The van der Waals surface area contributed by atoms with Gasteiger partial charge >= 0.3 is 0 Å². The smallest absolute Gasteiger partial charge is 0.223 e. The zero-order chi connectivity index (χ0) is 24.2. The van der Waals surface area contributed by atoms with Crippen molar-refractivity contribution in [2.24, 2.45) is 11.7 Å². The predicted octanol–water partition coefficient (Wildman–Crippen LogP) is 3.08. The number of hydrogen-bond acceptors (Lipinski definition) is 7. The second-order valence-electron chi connectivity index (χ2n) is 9.16. The summed E-state index contributed by atoms with van der Waals surface area (Å²) in [6.45, 7) is 2.93. The van der Waals surface area contributed by atoms with Crippen LogP contribution in [0.25, 0.3) is 0 Å². The highest BCUT2D eigenvalue weighted by Gasteiger charge is 2.39. The molecule has 0 unspecified atom stereocenters. The molecule has 0 heterocycles. The SMILES string of the molecule is COc1ccc(C2(C#N)CCC(C(=O)NCCOCCOCCN)CC2)cc1OC1CCCC1. The predicted molar refractivity (Wildman–Crippen MR) is 129 cm³/mol. The Morgan fingerprint density at radius 2 is 1.79 bits per heavy atom. The third kappa shape index (κ3) is 7.08. The highest BCUT2D eigenvalue weighted by atomic mass is 16.5. The molecule has 2 saturated carbocycles. The quantitative estimate of drug-likeness (QED) is 0.423. The van der Waals surface area contributed by atoms with Crippen molar-refractivity contribution >= 4 is 5.91 Å². The Kier molecular flexibility index (Phi) is 10.4. The van der Waals surface area contributed by atoms with Gasteiger partial charge in [0.05, 0.1) is 51.1 Å². The summed E-state index contributed by atoms with van der Waals surface area (Å²) in [5.74, 6) is 1.37. The first-order valence-corrected chi connectivity index (χ1v) is 12.5. The fraction of sp³-hybridized carbons (Fsp3) is 0.692. The normalized spacial score (nSPS) is 22.8. The maximum Gasteiger partial charge on any atom is 0.223 e. The van der Waals surface area contributed by atoms with Crippen molar-refractivity contribution in [2.75, 3.05) is 46.6 Å². The Bertz CT molecular complexity index is 811. The van der Waals surface area contributed by atoms with Crippen molar-refractivity contribution in [2.45, 2.75) is 62.9 Å².